The molecule has 8 heteroatoms. The van der Waals surface area contributed by atoms with E-state index in [9.17, 15) is 23.1 Å². The Bertz CT molecular complexity index is 560. The zero-order valence-electron chi connectivity index (χ0n) is 11.1. The molecule has 1 aromatic carbocycles. The third-order valence-electron chi connectivity index (χ3n) is 2.99. The molecule has 0 spiro atoms. The fraction of sp³-hybridized carbons (Fsp3) is 0.385. The molecule has 0 unspecified atom stereocenters. The van der Waals surface area contributed by atoms with E-state index in [1.165, 1.54) is 19.1 Å². The molecule has 1 aliphatic heterocycles. The van der Waals surface area contributed by atoms with Gasteiger partial charge in [-0.25, -0.2) is 4.79 Å². The number of ether oxygens (including phenoxy) is 1. The molecule has 1 atom stereocenters. The van der Waals surface area contributed by atoms with Crippen LogP contribution in [0.1, 0.15) is 18.9 Å². The number of benzene rings is 1. The fourth-order valence-corrected chi connectivity index (χ4v) is 2.01. The van der Waals surface area contributed by atoms with Gasteiger partial charge in [0.1, 0.15) is 5.71 Å². The summed E-state index contributed by atoms with van der Waals surface area (Å²) in [6.07, 6.45) is -6.72. The number of hydrogen-bond acceptors (Lipinski definition) is 4. The van der Waals surface area contributed by atoms with E-state index in [1.54, 1.807) is 18.2 Å². The zero-order chi connectivity index (χ0) is 15.7. The summed E-state index contributed by atoms with van der Waals surface area (Å²) in [7, 11) is 0. The van der Waals surface area contributed by atoms with Crippen molar-refractivity contribution in [2.45, 2.75) is 25.2 Å². The van der Waals surface area contributed by atoms with Crippen LogP contribution in [0.25, 0.3) is 0 Å². The monoisotopic (exact) mass is 302 g/mol. The molecule has 1 aliphatic rings. The summed E-state index contributed by atoms with van der Waals surface area (Å²) in [5, 5.41) is 14.1. The Kier molecular flexibility index (Phi) is 3.91. The van der Waals surface area contributed by atoms with Crippen LogP contribution in [0.15, 0.2) is 35.4 Å². The second-order valence-electron chi connectivity index (χ2n) is 4.41. The summed E-state index contributed by atoms with van der Waals surface area (Å²) in [5.74, 6) is 0. The minimum Gasteiger partial charge on any atom is -0.448 e. The van der Waals surface area contributed by atoms with Crippen LogP contribution in [-0.4, -0.2) is 34.7 Å². The first kappa shape index (κ1) is 15.3. The van der Waals surface area contributed by atoms with Gasteiger partial charge in [0, 0.05) is 5.56 Å². The highest BCUT2D eigenvalue weighted by Gasteiger charge is 2.53. The summed E-state index contributed by atoms with van der Waals surface area (Å²) in [6, 6.07) is 7.56. The van der Waals surface area contributed by atoms with Gasteiger partial charge in [-0.05, 0) is 6.92 Å². The van der Waals surface area contributed by atoms with E-state index >= 15 is 0 Å². The third-order valence-corrected chi connectivity index (χ3v) is 2.99. The van der Waals surface area contributed by atoms with Crippen LogP contribution >= 0.6 is 0 Å². The van der Waals surface area contributed by atoms with Crippen LogP contribution in [-0.2, 0) is 10.5 Å². The SMILES string of the molecule is CCOC(=O)N1N=C(C(F)(F)F)C[C@@]1(O)c1ccccc1. The maximum Gasteiger partial charge on any atom is 0.433 e. The van der Waals surface area contributed by atoms with E-state index in [0.717, 1.165) is 0 Å². The van der Waals surface area contributed by atoms with Crippen LogP contribution in [0.5, 0.6) is 0 Å². The van der Waals surface area contributed by atoms with Gasteiger partial charge in [-0.1, -0.05) is 30.3 Å². The molecule has 1 aromatic rings. The molecule has 0 saturated heterocycles. The maximum atomic E-state index is 12.8. The molecule has 1 amide bonds. The maximum absolute atomic E-state index is 12.8. The summed E-state index contributed by atoms with van der Waals surface area (Å²) in [6.45, 7) is 1.46. The van der Waals surface area contributed by atoms with E-state index < -0.39 is 30.1 Å². The van der Waals surface area contributed by atoms with Crippen molar-refractivity contribution < 1.29 is 27.8 Å². The number of rotatable bonds is 2. The quantitative estimate of drug-likeness (QED) is 0.913. The lowest BCUT2D eigenvalue weighted by molar-refractivity contribution is -0.0889. The van der Waals surface area contributed by atoms with Crippen LogP contribution in [0, 0.1) is 0 Å². The minimum atomic E-state index is -4.73. The average Bonchev–Trinajstić information content (AvgIpc) is 2.79. The predicted molar refractivity (Wildman–Crippen MR) is 67.3 cm³/mol. The number of amides is 1. The first-order chi connectivity index (χ1) is 9.79. The van der Waals surface area contributed by atoms with Crippen LogP contribution in [0.2, 0.25) is 0 Å². The highest BCUT2D eigenvalue weighted by molar-refractivity contribution is 5.93. The van der Waals surface area contributed by atoms with E-state index in [2.05, 4.69) is 9.84 Å². The number of nitrogens with zero attached hydrogens (tertiary/aromatic N) is 2. The summed E-state index contributed by atoms with van der Waals surface area (Å²) < 4.78 is 43.1. The molecule has 114 valence electrons. The van der Waals surface area contributed by atoms with Crippen molar-refractivity contribution in [2.24, 2.45) is 5.10 Å². The molecule has 0 bridgehead atoms. The number of hydrogen-bond donors (Lipinski definition) is 1. The molecule has 5 nitrogen and oxygen atoms in total. The summed E-state index contributed by atoms with van der Waals surface area (Å²) in [4.78, 5) is 11.8. The molecular weight excluding hydrogens is 289 g/mol. The second-order valence-corrected chi connectivity index (χ2v) is 4.41. The third kappa shape index (κ3) is 2.85. The number of alkyl halides is 3. The van der Waals surface area contributed by atoms with Crippen LogP contribution in [0.3, 0.4) is 0 Å². The normalized spacial score (nSPS) is 22.1. The molecule has 0 radical (unpaired) electrons. The Morgan fingerprint density at radius 3 is 2.57 bits per heavy atom. The van der Waals surface area contributed by atoms with Crippen molar-refractivity contribution >= 4 is 11.8 Å². The standard InChI is InChI=1S/C13H13F3N2O3/c1-2-21-11(19)18-12(20,9-6-4-3-5-7-9)8-10(17-18)13(14,15)16/h3-7,20H,2,8H2,1H3/t12-/m1/s1. The van der Waals surface area contributed by atoms with Gasteiger partial charge in [0.25, 0.3) is 0 Å². The molecule has 21 heavy (non-hydrogen) atoms. The molecular formula is C13H13F3N2O3. The Hall–Kier alpha value is -2.09. The highest BCUT2D eigenvalue weighted by atomic mass is 19.4. The Labute approximate surface area is 118 Å². The highest BCUT2D eigenvalue weighted by Crippen LogP contribution is 2.39. The lowest BCUT2D eigenvalue weighted by atomic mass is 9.97. The van der Waals surface area contributed by atoms with Gasteiger partial charge in [0.2, 0.25) is 0 Å². The lowest BCUT2D eigenvalue weighted by Crippen LogP contribution is -2.44. The van der Waals surface area contributed by atoms with Gasteiger partial charge in [-0.3, -0.25) is 0 Å². The molecule has 1 N–H and O–H groups in total. The molecule has 0 aromatic heterocycles. The predicted octanol–water partition coefficient (Wildman–Crippen LogP) is 2.61. The first-order valence-electron chi connectivity index (χ1n) is 6.18. The Balaban J connectivity index is 2.43. The van der Waals surface area contributed by atoms with E-state index in [4.69, 9.17) is 0 Å². The molecule has 2 rings (SSSR count). The number of carbonyl (C=O) groups excluding carboxylic acids is 1. The largest absolute Gasteiger partial charge is 0.448 e. The molecule has 0 saturated carbocycles. The molecule has 0 aliphatic carbocycles. The second kappa shape index (κ2) is 5.36. The van der Waals surface area contributed by atoms with E-state index in [0.29, 0.717) is 5.01 Å². The van der Waals surface area contributed by atoms with Gasteiger partial charge >= 0.3 is 12.3 Å². The van der Waals surface area contributed by atoms with Crippen molar-refractivity contribution in [3.05, 3.63) is 35.9 Å². The van der Waals surface area contributed by atoms with Gasteiger partial charge in [0.05, 0.1) is 13.0 Å². The fourth-order valence-electron chi connectivity index (χ4n) is 2.01. The lowest BCUT2D eigenvalue weighted by Gasteiger charge is -2.30. The van der Waals surface area contributed by atoms with Crippen molar-refractivity contribution in [1.29, 1.82) is 0 Å². The number of hydrazone groups is 1. The summed E-state index contributed by atoms with van der Waals surface area (Å²) >= 11 is 0. The van der Waals surface area contributed by atoms with Crippen molar-refractivity contribution in [3.63, 3.8) is 0 Å². The Morgan fingerprint density at radius 2 is 2.05 bits per heavy atom. The van der Waals surface area contributed by atoms with Crippen molar-refractivity contribution in [2.75, 3.05) is 6.61 Å². The van der Waals surface area contributed by atoms with Gasteiger partial charge in [0.15, 0.2) is 5.72 Å². The van der Waals surface area contributed by atoms with E-state index in [-0.39, 0.29) is 12.2 Å². The zero-order valence-corrected chi connectivity index (χ0v) is 11.1. The number of carbonyl (C=O) groups is 1. The van der Waals surface area contributed by atoms with Crippen molar-refractivity contribution in [1.82, 2.24) is 5.01 Å². The minimum absolute atomic E-state index is 0.0446. The van der Waals surface area contributed by atoms with Crippen molar-refractivity contribution in [3.8, 4) is 0 Å². The Morgan fingerprint density at radius 1 is 1.43 bits per heavy atom. The number of halogens is 3. The average molecular weight is 302 g/mol. The van der Waals surface area contributed by atoms with Crippen LogP contribution in [0.4, 0.5) is 18.0 Å². The smallest absolute Gasteiger partial charge is 0.433 e. The van der Waals surface area contributed by atoms with Gasteiger partial charge in [-0.15, -0.1) is 0 Å². The van der Waals surface area contributed by atoms with Crippen LogP contribution < -0.4 is 0 Å². The van der Waals surface area contributed by atoms with Gasteiger partial charge < -0.3 is 9.84 Å². The topological polar surface area (TPSA) is 62.1 Å². The first-order valence-corrected chi connectivity index (χ1v) is 6.18. The number of aliphatic hydroxyl groups is 1. The van der Waals surface area contributed by atoms with E-state index in [1.807, 2.05) is 0 Å². The summed E-state index contributed by atoms with van der Waals surface area (Å²) in [5.41, 5.74) is -3.32. The molecule has 0 fully saturated rings. The molecule has 1 heterocycles. The van der Waals surface area contributed by atoms with Gasteiger partial charge in [-0.2, -0.15) is 23.3 Å².